The number of nitrogens with zero attached hydrogens (tertiary/aromatic N) is 1. The summed E-state index contributed by atoms with van der Waals surface area (Å²) in [7, 11) is 0. The van der Waals surface area contributed by atoms with Crippen LogP contribution in [0.2, 0.25) is 5.02 Å². The van der Waals surface area contributed by atoms with Gasteiger partial charge in [-0.25, -0.2) is 0 Å². The first-order valence-electron chi connectivity index (χ1n) is 7.15. The van der Waals surface area contributed by atoms with Crippen LogP contribution in [-0.2, 0) is 6.42 Å². The van der Waals surface area contributed by atoms with Crippen LogP contribution in [0.5, 0.6) is 0 Å². The van der Waals surface area contributed by atoms with E-state index >= 15 is 0 Å². The summed E-state index contributed by atoms with van der Waals surface area (Å²) in [5.41, 5.74) is 0.951. The lowest BCUT2D eigenvalue weighted by Crippen LogP contribution is -2.54. The van der Waals surface area contributed by atoms with Gasteiger partial charge in [0.05, 0.1) is 6.10 Å². The maximum atomic E-state index is 10.6. The molecule has 0 aliphatic heterocycles. The van der Waals surface area contributed by atoms with E-state index in [9.17, 15) is 5.11 Å². The molecule has 108 valence electrons. The molecule has 0 saturated heterocycles. The molecule has 2 nitrogen and oxygen atoms in total. The largest absolute Gasteiger partial charge is 0.391 e. The first-order valence-corrected chi connectivity index (χ1v) is 7.53. The summed E-state index contributed by atoms with van der Waals surface area (Å²) in [6.07, 6.45) is 1.22. The zero-order valence-corrected chi connectivity index (χ0v) is 13.2. The van der Waals surface area contributed by atoms with E-state index in [0.717, 1.165) is 30.1 Å². The van der Waals surface area contributed by atoms with Gasteiger partial charge in [0.15, 0.2) is 0 Å². The lowest BCUT2D eigenvalue weighted by Gasteiger charge is -2.43. The fourth-order valence-corrected chi connectivity index (χ4v) is 2.81. The number of aliphatic hydroxyl groups is 1. The molecule has 0 bridgehead atoms. The van der Waals surface area contributed by atoms with Crippen LogP contribution in [0.4, 0.5) is 0 Å². The van der Waals surface area contributed by atoms with Gasteiger partial charge in [-0.05, 0) is 44.1 Å². The maximum absolute atomic E-state index is 10.6. The fourth-order valence-electron chi connectivity index (χ4n) is 2.68. The molecule has 1 aromatic carbocycles. The van der Waals surface area contributed by atoms with Gasteiger partial charge < -0.3 is 5.11 Å². The minimum atomic E-state index is -0.376. The standard InChI is InChI=1S/C16H26ClNO/c1-5-16(4,18(6-2)7-3)15(19)12-13-8-10-14(17)11-9-13/h8-11,15,19H,5-7,12H2,1-4H3. The SMILES string of the molecule is CCN(CC)C(C)(CC)C(O)Cc1ccc(Cl)cc1. The van der Waals surface area contributed by atoms with E-state index in [1.807, 2.05) is 24.3 Å². The Kier molecular flexibility index (Phi) is 6.31. The van der Waals surface area contributed by atoms with Crippen molar-refractivity contribution in [1.29, 1.82) is 0 Å². The Bertz CT molecular complexity index is 375. The zero-order chi connectivity index (χ0) is 14.5. The van der Waals surface area contributed by atoms with Crippen LogP contribution in [0, 0.1) is 0 Å². The van der Waals surface area contributed by atoms with Crippen LogP contribution in [0.25, 0.3) is 0 Å². The van der Waals surface area contributed by atoms with Crippen LogP contribution in [0.3, 0.4) is 0 Å². The number of aliphatic hydroxyl groups excluding tert-OH is 1. The third-order valence-electron chi connectivity index (χ3n) is 4.26. The predicted molar refractivity (Wildman–Crippen MR) is 82.8 cm³/mol. The van der Waals surface area contributed by atoms with E-state index in [2.05, 4.69) is 32.6 Å². The smallest absolute Gasteiger partial charge is 0.0761 e. The molecule has 1 rings (SSSR count). The molecule has 0 amide bonds. The number of halogens is 1. The molecule has 2 unspecified atom stereocenters. The molecule has 0 saturated carbocycles. The van der Waals surface area contributed by atoms with E-state index in [1.165, 1.54) is 0 Å². The van der Waals surface area contributed by atoms with Crippen LogP contribution < -0.4 is 0 Å². The third-order valence-corrected chi connectivity index (χ3v) is 4.51. The van der Waals surface area contributed by atoms with Gasteiger partial charge in [-0.1, -0.05) is 44.5 Å². The number of benzene rings is 1. The average molecular weight is 284 g/mol. The molecule has 0 fully saturated rings. The van der Waals surface area contributed by atoms with Crippen molar-refractivity contribution in [3.05, 3.63) is 34.9 Å². The Labute approximate surface area is 122 Å². The average Bonchev–Trinajstić information content (AvgIpc) is 2.42. The summed E-state index contributed by atoms with van der Waals surface area (Å²) in [6, 6.07) is 7.74. The van der Waals surface area contributed by atoms with Crippen molar-refractivity contribution in [3.8, 4) is 0 Å². The second kappa shape index (κ2) is 7.28. The molecule has 0 aromatic heterocycles. The highest BCUT2D eigenvalue weighted by Crippen LogP contribution is 2.26. The second-order valence-corrected chi connectivity index (χ2v) is 5.67. The minimum Gasteiger partial charge on any atom is -0.391 e. The normalized spacial score (nSPS) is 16.4. The molecule has 1 aromatic rings. The summed E-state index contributed by atoms with van der Waals surface area (Å²) in [6.45, 7) is 10.5. The molecular formula is C16H26ClNO. The fraction of sp³-hybridized carbons (Fsp3) is 0.625. The van der Waals surface area contributed by atoms with Crippen molar-refractivity contribution in [3.63, 3.8) is 0 Å². The summed E-state index contributed by atoms with van der Waals surface area (Å²) < 4.78 is 0. The number of rotatable bonds is 7. The minimum absolute atomic E-state index is 0.177. The monoisotopic (exact) mass is 283 g/mol. The van der Waals surface area contributed by atoms with Crippen LogP contribution in [0.15, 0.2) is 24.3 Å². The summed E-state index contributed by atoms with van der Waals surface area (Å²) in [5.74, 6) is 0. The van der Waals surface area contributed by atoms with Gasteiger partial charge in [-0.2, -0.15) is 0 Å². The van der Waals surface area contributed by atoms with Crippen molar-refractivity contribution in [2.45, 2.75) is 52.2 Å². The Hall–Kier alpha value is -0.570. The molecule has 3 heteroatoms. The van der Waals surface area contributed by atoms with Crippen molar-refractivity contribution in [2.24, 2.45) is 0 Å². The third kappa shape index (κ3) is 3.95. The Morgan fingerprint density at radius 3 is 2.11 bits per heavy atom. The van der Waals surface area contributed by atoms with Crippen molar-refractivity contribution >= 4 is 11.6 Å². The summed E-state index contributed by atoms with van der Waals surface area (Å²) >= 11 is 5.89. The van der Waals surface area contributed by atoms with Crippen LogP contribution in [0.1, 0.15) is 39.7 Å². The molecule has 2 atom stereocenters. The Morgan fingerprint density at radius 2 is 1.68 bits per heavy atom. The first kappa shape index (κ1) is 16.5. The molecule has 0 radical (unpaired) electrons. The highest BCUT2D eigenvalue weighted by molar-refractivity contribution is 6.30. The molecule has 1 N–H and O–H groups in total. The summed E-state index contributed by atoms with van der Waals surface area (Å²) in [4.78, 5) is 2.34. The van der Waals surface area contributed by atoms with Gasteiger partial charge >= 0.3 is 0 Å². The molecule has 19 heavy (non-hydrogen) atoms. The quantitative estimate of drug-likeness (QED) is 0.824. The predicted octanol–water partition coefficient (Wildman–Crippen LogP) is 3.75. The number of hydrogen-bond acceptors (Lipinski definition) is 2. The van der Waals surface area contributed by atoms with E-state index in [-0.39, 0.29) is 11.6 Å². The van der Waals surface area contributed by atoms with Crippen molar-refractivity contribution in [1.82, 2.24) is 4.90 Å². The summed E-state index contributed by atoms with van der Waals surface area (Å²) in [5, 5.41) is 11.4. The number of likely N-dealkylation sites (N-methyl/N-ethyl adjacent to an activating group) is 1. The molecule has 0 spiro atoms. The topological polar surface area (TPSA) is 23.5 Å². The first-order chi connectivity index (χ1) is 8.97. The lowest BCUT2D eigenvalue weighted by atomic mass is 9.85. The van der Waals surface area contributed by atoms with Crippen LogP contribution >= 0.6 is 11.6 Å². The van der Waals surface area contributed by atoms with E-state index in [1.54, 1.807) is 0 Å². The van der Waals surface area contributed by atoms with E-state index in [0.29, 0.717) is 6.42 Å². The zero-order valence-electron chi connectivity index (χ0n) is 12.5. The van der Waals surface area contributed by atoms with Gasteiger partial charge in [0.2, 0.25) is 0 Å². The molecule has 0 aliphatic rings. The van der Waals surface area contributed by atoms with Gasteiger partial charge in [-0.15, -0.1) is 0 Å². The Balaban J connectivity index is 2.83. The molecule has 0 aliphatic carbocycles. The maximum Gasteiger partial charge on any atom is 0.0761 e. The number of hydrogen-bond donors (Lipinski definition) is 1. The Morgan fingerprint density at radius 1 is 1.16 bits per heavy atom. The van der Waals surface area contributed by atoms with Gasteiger partial charge in [-0.3, -0.25) is 4.90 Å². The molecular weight excluding hydrogens is 258 g/mol. The van der Waals surface area contributed by atoms with Crippen molar-refractivity contribution < 1.29 is 5.11 Å². The second-order valence-electron chi connectivity index (χ2n) is 5.23. The van der Waals surface area contributed by atoms with E-state index in [4.69, 9.17) is 11.6 Å². The van der Waals surface area contributed by atoms with Gasteiger partial charge in [0.25, 0.3) is 0 Å². The van der Waals surface area contributed by atoms with E-state index < -0.39 is 0 Å². The lowest BCUT2D eigenvalue weighted by molar-refractivity contribution is -0.0190. The van der Waals surface area contributed by atoms with Crippen LogP contribution in [-0.4, -0.2) is 34.7 Å². The van der Waals surface area contributed by atoms with Gasteiger partial charge in [0.1, 0.15) is 0 Å². The van der Waals surface area contributed by atoms with Gasteiger partial charge in [0, 0.05) is 17.0 Å². The highest BCUT2D eigenvalue weighted by Gasteiger charge is 2.35. The van der Waals surface area contributed by atoms with Crippen molar-refractivity contribution in [2.75, 3.05) is 13.1 Å². The molecule has 0 heterocycles. The highest BCUT2D eigenvalue weighted by atomic mass is 35.5.